The molecule has 0 aliphatic heterocycles. The van der Waals surface area contributed by atoms with Crippen LogP contribution in [0.5, 0.6) is 0 Å². The number of ketones is 1. The van der Waals surface area contributed by atoms with Crippen LogP contribution in [0.25, 0.3) is 11.1 Å². The van der Waals surface area contributed by atoms with Gasteiger partial charge in [-0.25, -0.2) is 0 Å². The predicted octanol–water partition coefficient (Wildman–Crippen LogP) is 5.11. The van der Waals surface area contributed by atoms with E-state index in [9.17, 15) is 4.79 Å². The quantitative estimate of drug-likeness (QED) is 0.455. The molecule has 3 aromatic carbocycles. The van der Waals surface area contributed by atoms with Crippen LogP contribution in [0.2, 0.25) is 0 Å². The zero-order chi connectivity index (χ0) is 17.5. The number of carbonyl (C=O) groups excluding carboxylic acids is 1. The Hall–Kier alpha value is -2.36. The number of rotatable bonds is 7. The van der Waals surface area contributed by atoms with Gasteiger partial charge in [0.25, 0.3) is 0 Å². The molecule has 0 aliphatic rings. The van der Waals surface area contributed by atoms with Crippen molar-refractivity contribution in [3.8, 4) is 11.1 Å². The van der Waals surface area contributed by atoms with E-state index in [0.717, 1.165) is 27.4 Å². The van der Waals surface area contributed by atoms with Crippen molar-refractivity contribution < 1.29 is 22.9 Å². The van der Waals surface area contributed by atoms with E-state index in [-0.39, 0.29) is 5.78 Å². The topological polar surface area (TPSA) is 29.1 Å². The van der Waals surface area contributed by atoms with Crippen LogP contribution in [-0.2, 0) is 18.1 Å². The molecule has 0 radical (unpaired) electrons. The van der Waals surface area contributed by atoms with Crippen molar-refractivity contribution in [3.05, 3.63) is 90.5 Å². The number of carbonyl (C=O) groups is 1. The molecule has 25 heavy (non-hydrogen) atoms. The van der Waals surface area contributed by atoms with Gasteiger partial charge >= 0.3 is 158 Å². The third-order valence-electron chi connectivity index (χ3n) is 3.93. The normalized spacial score (nSPS) is 10.3. The van der Waals surface area contributed by atoms with Crippen molar-refractivity contribution in [2.75, 3.05) is 5.32 Å². The molecule has 0 atom stereocenters. The SMILES string of the molecule is O=C(CC[C](=[Os])Nc1ccccc1)c1ccc(-c2ccccc2)cc1. The summed E-state index contributed by atoms with van der Waals surface area (Å²) in [5.41, 5.74) is 4.13. The summed E-state index contributed by atoms with van der Waals surface area (Å²) in [7, 11) is 0. The summed E-state index contributed by atoms with van der Waals surface area (Å²) < 4.78 is 1.13. The van der Waals surface area contributed by atoms with Crippen molar-refractivity contribution >= 4 is 15.7 Å². The maximum atomic E-state index is 12.4. The Bertz CT molecular complexity index is 842. The molecule has 0 heterocycles. The van der Waals surface area contributed by atoms with Crippen LogP contribution in [0.4, 0.5) is 5.69 Å². The summed E-state index contributed by atoms with van der Waals surface area (Å²) in [5.74, 6) is 0.179. The van der Waals surface area contributed by atoms with E-state index in [0.29, 0.717) is 6.42 Å². The number of benzene rings is 3. The van der Waals surface area contributed by atoms with E-state index in [1.54, 1.807) is 18.1 Å². The fourth-order valence-corrected chi connectivity index (χ4v) is 3.27. The minimum absolute atomic E-state index is 0.179. The molecule has 0 aromatic heterocycles. The van der Waals surface area contributed by atoms with E-state index in [1.165, 1.54) is 5.56 Å². The summed E-state index contributed by atoms with van der Waals surface area (Å²) in [4.78, 5) is 12.4. The zero-order valence-electron chi connectivity index (χ0n) is 13.8. The van der Waals surface area contributed by atoms with Crippen LogP contribution in [0, 0.1) is 0 Å². The average Bonchev–Trinajstić information content (AvgIpc) is 2.68. The Morgan fingerprint density at radius 2 is 1.28 bits per heavy atom. The molecular formula is C22H19NOOs. The molecule has 3 heteroatoms. The number of para-hydroxylation sites is 1. The first-order valence-corrected chi connectivity index (χ1v) is 9.50. The van der Waals surface area contributed by atoms with Gasteiger partial charge in [0.2, 0.25) is 0 Å². The fraction of sp³-hybridized carbons (Fsp3) is 0.0909. The van der Waals surface area contributed by atoms with Crippen LogP contribution >= 0.6 is 0 Å². The molecule has 1 N–H and O–H groups in total. The predicted molar refractivity (Wildman–Crippen MR) is 101 cm³/mol. The van der Waals surface area contributed by atoms with Gasteiger partial charge < -0.3 is 0 Å². The second-order valence-corrected chi connectivity index (χ2v) is 7.28. The van der Waals surface area contributed by atoms with Crippen LogP contribution < -0.4 is 5.32 Å². The van der Waals surface area contributed by atoms with Gasteiger partial charge in [-0.15, -0.1) is 0 Å². The van der Waals surface area contributed by atoms with Crippen molar-refractivity contribution in [1.82, 2.24) is 0 Å². The molecule has 0 spiro atoms. The molecular weight excluding hydrogens is 484 g/mol. The maximum absolute atomic E-state index is 12.4. The Labute approximate surface area is 158 Å². The standard InChI is InChI=1S/C22H19NO.Os/c24-22(12-7-17-23-21-10-5-2-6-11-21)20-15-13-19(14-16-20)18-8-3-1-4-9-18;/h1-6,8-11,13-16,23H,7,12H2;. The number of hydrogen-bond acceptors (Lipinski definition) is 2. The molecule has 0 unspecified atom stereocenters. The second-order valence-electron chi connectivity index (χ2n) is 5.75. The number of Topliss-reactive ketones (excluding diaryl/α,β-unsaturated/α-hetero) is 1. The molecule has 0 amide bonds. The Kier molecular flexibility index (Phi) is 6.04. The number of hydrogen-bond donors (Lipinski definition) is 1. The summed E-state index contributed by atoms with van der Waals surface area (Å²) >= 11 is 1.81. The van der Waals surface area contributed by atoms with Crippen molar-refractivity contribution in [2.24, 2.45) is 0 Å². The van der Waals surface area contributed by atoms with E-state index < -0.39 is 0 Å². The van der Waals surface area contributed by atoms with E-state index >= 15 is 0 Å². The molecule has 3 aromatic rings. The van der Waals surface area contributed by atoms with Gasteiger partial charge in [-0.2, -0.15) is 0 Å². The van der Waals surface area contributed by atoms with Crippen LogP contribution in [0.1, 0.15) is 23.2 Å². The van der Waals surface area contributed by atoms with E-state index in [1.807, 2.05) is 72.8 Å². The van der Waals surface area contributed by atoms with Gasteiger partial charge in [-0.3, -0.25) is 0 Å². The van der Waals surface area contributed by atoms with Crippen LogP contribution in [0.15, 0.2) is 84.9 Å². The fourth-order valence-electron chi connectivity index (χ4n) is 2.58. The van der Waals surface area contributed by atoms with Gasteiger partial charge in [-0.1, -0.05) is 0 Å². The summed E-state index contributed by atoms with van der Waals surface area (Å²) in [6.07, 6.45) is 1.26. The van der Waals surface area contributed by atoms with Crippen molar-refractivity contribution in [1.29, 1.82) is 0 Å². The number of nitrogens with one attached hydrogen (secondary N) is 1. The Balaban J connectivity index is 1.55. The molecule has 0 bridgehead atoms. The Morgan fingerprint density at radius 3 is 1.92 bits per heavy atom. The average molecular weight is 504 g/mol. The summed E-state index contributed by atoms with van der Waals surface area (Å²) in [6, 6.07) is 28.1. The molecule has 126 valence electrons. The van der Waals surface area contributed by atoms with Gasteiger partial charge in [0.05, 0.1) is 0 Å². The van der Waals surface area contributed by atoms with Crippen LogP contribution in [-0.4, -0.2) is 9.97 Å². The molecule has 0 saturated heterocycles. The first kappa shape index (κ1) is 17.5. The van der Waals surface area contributed by atoms with Crippen molar-refractivity contribution in [2.45, 2.75) is 12.8 Å². The molecule has 0 fully saturated rings. The van der Waals surface area contributed by atoms with E-state index in [4.69, 9.17) is 0 Å². The summed E-state index contributed by atoms with van der Waals surface area (Å²) in [6.45, 7) is 0. The van der Waals surface area contributed by atoms with Crippen LogP contribution in [0.3, 0.4) is 0 Å². The monoisotopic (exact) mass is 505 g/mol. The molecule has 0 saturated carbocycles. The first-order valence-electron chi connectivity index (χ1n) is 8.23. The third-order valence-corrected chi connectivity index (χ3v) is 4.88. The first-order chi connectivity index (χ1) is 12.2. The van der Waals surface area contributed by atoms with Gasteiger partial charge in [0, 0.05) is 0 Å². The molecule has 0 aliphatic carbocycles. The van der Waals surface area contributed by atoms with E-state index in [2.05, 4.69) is 17.4 Å². The zero-order valence-corrected chi connectivity index (χ0v) is 16.3. The van der Waals surface area contributed by atoms with Gasteiger partial charge in [0.15, 0.2) is 0 Å². The van der Waals surface area contributed by atoms with Gasteiger partial charge in [-0.05, 0) is 0 Å². The molecule has 3 rings (SSSR count). The molecule has 2 nitrogen and oxygen atoms in total. The minimum atomic E-state index is 0.179. The van der Waals surface area contributed by atoms with Gasteiger partial charge in [0.1, 0.15) is 0 Å². The second kappa shape index (κ2) is 8.65. The third kappa shape index (κ3) is 5.05. The summed E-state index contributed by atoms with van der Waals surface area (Å²) in [5, 5.41) is 3.36. The van der Waals surface area contributed by atoms with Crippen molar-refractivity contribution in [3.63, 3.8) is 0 Å². The Morgan fingerprint density at radius 1 is 0.720 bits per heavy atom. The number of anilines is 1.